The summed E-state index contributed by atoms with van der Waals surface area (Å²) in [6.07, 6.45) is 0. The van der Waals surface area contributed by atoms with Crippen LogP contribution in [0.5, 0.6) is 0 Å². The largest absolute Gasteiger partial charge is 0.374 e. The summed E-state index contributed by atoms with van der Waals surface area (Å²) < 4.78 is 0. The van der Waals surface area contributed by atoms with Crippen LogP contribution in [0.15, 0.2) is 24.3 Å². The van der Waals surface area contributed by atoms with E-state index in [0.29, 0.717) is 0 Å². The van der Waals surface area contributed by atoms with Crippen LogP contribution in [0, 0.1) is 0 Å². The second-order valence-corrected chi connectivity index (χ2v) is 5.86. The predicted octanol–water partition coefficient (Wildman–Crippen LogP) is 2.36. The molecule has 0 aromatic heterocycles. The van der Waals surface area contributed by atoms with E-state index in [1.165, 1.54) is 6.92 Å². The van der Waals surface area contributed by atoms with Crippen molar-refractivity contribution in [1.29, 1.82) is 0 Å². The molecule has 0 heterocycles. The Morgan fingerprint density at radius 1 is 1.05 bits per heavy atom. The van der Waals surface area contributed by atoms with Gasteiger partial charge in [-0.05, 0) is 52.0 Å². The fourth-order valence-electron chi connectivity index (χ4n) is 1.65. The lowest BCUT2D eigenvalue weighted by molar-refractivity contribution is -0.123. The van der Waals surface area contributed by atoms with E-state index in [1.54, 1.807) is 12.1 Å². The highest BCUT2D eigenvalue weighted by molar-refractivity contribution is 5.89. The number of benzene rings is 1. The molecule has 0 aliphatic heterocycles. The monoisotopic (exact) mass is 277 g/mol. The van der Waals surface area contributed by atoms with Crippen LogP contribution in [0.4, 0.5) is 11.4 Å². The van der Waals surface area contributed by atoms with Crippen molar-refractivity contribution < 1.29 is 9.59 Å². The van der Waals surface area contributed by atoms with E-state index in [2.05, 4.69) is 16.0 Å². The van der Waals surface area contributed by atoms with Gasteiger partial charge in [0, 0.05) is 23.8 Å². The first-order chi connectivity index (χ1) is 9.17. The summed E-state index contributed by atoms with van der Waals surface area (Å²) in [5, 5.41) is 8.73. The van der Waals surface area contributed by atoms with Crippen molar-refractivity contribution in [2.75, 3.05) is 10.6 Å². The number of carbonyl (C=O) groups excluding carboxylic acids is 2. The normalized spacial score (nSPS) is 12.4. The highest BCUT2D eigenvalue weighted by Crippen LogP contribution is 2.14. The molecule has 1 aromatic rings. The van der Waals surface area contributed by atoms with Crippen molar-refractivity contribution >= 4 is 23.2 Å². The van der Waals surface area contributed by atoms with Crippen molar-refractivity contribution in [3.63, 3.8) is 0 Å². The highest BCUT2D eigenvalue weighted by atomic mass is 16.2. The fraction of sp³-hybridized carbons (Fsp3) is 0.467. The molecule has 0 aliphatic carbocycles. The predicted molar refractivity (Wildman–Crippen MR) is 81.7 cm³/mol. The van der Waals surface area contributed by atoms with E-state index >= 15 is 0 Å². The Bertz CT molecular complexity index is 475. The average molecular weight is 277 g/mol. The van der Waals surface area contributed by atoms with E-state index in [-0.39, 0.29) is 23.4 Å². The molecule has 0 saturated carbocycles. The molecule has 0 fully saturated rings. The van der Waals surface area contributed by atoms with Gasteiger partial charge in [0.25, 0.3) is 0 Å². The number of rotatable bonds is 4. The second kappa shape index (κ2) is 6.41. The third-order valence-corrected chi connectivity index (χ3v) is 2.48. The molecule has 110 valence electrons. The molecule has 1 aromatic carbocycles. The molecule has 1 rings (SSSR count). The Hall–Kier alpha value is -2.04. The van der Waals surface area contributed by atoms with Crippen LogP contribution in [-0.2, 0) is 9.59 Å². The van der Waals surface area contributed by atoms with E-state index in [9.17, 15) is 9.59 Å². The zero-order valence-corrected chi connectivity index (χ0v) is 12.7. The summed E-state index contributed by atoms with van der Waals surface area (Å²) in [5.74, 6) is -0.160. The molecule has 5 nitrogen and oxygen atoms in total. The summed E-state index contributed by atoms with van der Waals surface area (Å²) in [4.78, 5) is 22.9. The van der Waals surface area contributed by atoms with Gasteiger partial charge in [0.15, 0.2) is 0 Å². The Balaban J connectivity index is 2.60. The fourth-order valence-corrected chi connectivity index (χ4v) is 1.65. The van der Waals surface area contributed by atoms with E-state index in [4.69, 9.17) is 0 Å². The van der Waals surface area contributed by atoms with Gasteiger partial charge in [-0.25, -0.2) is 0 Å². The molecule has 0 saturated heterocycles. The summed E-state index contributed by atoms with van der Waals surface area (Å²) in [7, 11) is 0. The van der Waals surface area contributed by atoms with Crippen LogP contribution < -0.4 is 16.0 Å². The van der Waals surface area contributed by atoms with Gasteiger partial charge in [0.05, 0.1) is 0 Å². The van der Waals surface area contributed by atoms with Gasteiger partial charge in [-0.3, -0.25) is 9.59 Å². The van der Waals surface area contributed by atoms with Crippen LogP contribution in [0.3, 0.4) is 0 Å². The van der Waals surface area contributed by atoms with Crippen molar-refractivity contribution in [2.24, 2.45) is 0 Å². The maximum Gasteiger partial charge on any atom is 0.242 e. The van der Waals surface area contributed by atoms with Gasteiger partial charge in [0.2, 0.25) is 11.8 Å². The first-order valence-corrected chi connectivity index (χ1v) is 6.63. The summed E-state index contributed by atoms with van der Waals surface area (Å²) in [6.45, 7) is 9.10. The van der Waals surface area contributed by atoms with Gasteiger partial charge < -0.3 is 16.0 Å². The van der Waals surface area contributed by atoms with Crippen LogP contribution in [0.25, 0.3) is 0 Å². The average Bonchev–Trinajstić information content (AvgIpc) is 2.28. The smallest absolute Gasteiger partial charge is 0.242 e. The Labute approximate surface area is 120 Å². The Morgan fingerprint density at radius 2 is 1.55 bits per heavy atom. The number of amides is 2. The Kier molecular flexibility index (Phi) is 5.13. The summed E-state index contributed by atoms with van der Waals surface area (Å²) >= 11 is 0. The standard InChI is InChI=1S/C15H23N3O2/c1-10(14(20)18-15(3,4)5)16-12-6-8-13(9-7-12)17-11(2)19/h6-10,16H,1-5H3,(H,17,19)(H,18,20). The van der Waals surface area contributed by atoms with Gasteiger partial charge in [0.1, 0.15) is 6.04 Å². The minimum Gasteiger partial charge on any atom is -0.374 e. The van der Waals surface area contributed by atoms with E-state index in [0.717, 1.165) is 11.4 Å². The molecule has 0 radical (unpaired) electrons. The van der Waals surface area contributed by atoms with Gasteiger partial charge >= 0.3 is 0 Å². The molecule has 1 unspecified atom stereocenters. The van der Waals surface area contributed by atoms with Crippen molar-refractivity contribution in [2.45, 2.75) is 46.2 Å². The van der Waals surface area contributed by atoms with Crippen LogP contribution in [-0.4, -0.2) is 23.4 Å². The number of nitrogens with one attached hydrogen (secondary N) is 3. The second-order valence-electron chi connectivity index (χ2n) is 5.86. The third kappa shape index (κ3) is 5.73. The zero-order chi connectivity index (χ0) is 15.3. The van der Waals surface area contributed by atoms with Crippen LogP contribution in [0.2, 0.25) is 0 Å². The maximum absolute atomic E-state index is 11.9. The summed E-state index contributed by atoms with van der Waals surface area (Å²) in [5.41, 5.74) is 1.31. The molecule has 20 heavy (non-hydrogen) atoms. The minimum absolute atomic E-state index is 0.0524. The molecule has 2 amide bonds. The van der Waals surface area contributed by atoms with Crippen molar-refractivity contribution in [3.05, 3.63) is 24.3 Å². The Morgan fingerprint density at radius 3 is 2.00 bits per heavy atom. The van der Waals surface area contributed by atoms with Crippen LogP contribution in [0.1, 0.15) is 34.6 Å². The van der Waals surface area contributed by atoms with Gasteiger partial charge in [-0.15, -0.1) is 0 Å². The lowest BCUT2D eigenvalue weighted by Crippen LogP contribution is -2.47. The highest BCUT2D eigenvalue weighted by Gasteiger charge is 2.18. The molecule has 3 N–H and O–H groups in total. The zero-order valence-electron chi connectivity index (χ0n) is 12.7. The molecule has 0 bridgehead atoms. The molecular formula is C15H23N3O2. The van der Waals surface area contributed by atoms with Gasteiger partial charge in [-0.1, -0.05) is 0 Å². The number of anilines is 2. The van der Waals surface area contributed by atoms with Gasteiger partial charge in [-0.2, -0.15) is 0 Å². The molecule has 0 spiro atoms. The number of hydrogen-bond donors (Lipinski definition) is 3. The molecular weight excluding hydrogens is 254 g/mol. The lowest BCUT2D eigenvalue weighted by atomic mass is 10.1. The van der Waals surface area contributed by atoms with E-state index < -0.39 is 0 Å². The van der Waals surface area contributed by atoms with Crippen molar-refractivity contribution in [1.82, 2.24) is 5.32 Å². The molecule has 0 aliphatic rings. The topological polar surface area (TPSA) is 70.2 Å². The third-order valence-electron chi connectivity index (χ3n) is 2.48. The summed E-state index contributed by atoms with van der Waals surface area (Å²) in [6, 6.07) is 6.90. The first kappa shape index (κ1) is 16.0. The van der Waals surface area contributed by atoms with E-state index in [1.807, 2.05) is 39.8 Å². The lowest BCUT2D eigenvalue weighted by Gasteiger charge is -2.24. The molecule has 5 heteroatoms. The number of carbonyl (C=O) groups is 2. The molecule has 1 atom stereocenters. The maximum atomic E-state index is 11.9. The number of hydrogen-bond acceptors (Lipinski definition) is 3. The minimum atomic E-state index is -0.333. The SMILES string of the molecule is CC(=O)Nc1ccc(NC(C)C(=O)NC(C)(C)C)cc1. The quantitative estimate of drug-likeness (QED) is 0.791. The first-order valence-electron chi connectivity index (χ1n) is 6.63. The van der Waals surface area contributed by atoms with Crippen LogP contribution >= 0.6 is 0 Å². The van der Waals surface area contributed by atoms with Crippen molar-refractivity contribution in [3.8, 4) is 0 Å².